The number of nitrogens with one attached hydrogen (secondary N) is 1. The predicted molar refractivity (Wildman–Crippen MR) is 61.2 cm³/mol. The molecular formula is C10H15N7. The Labute approximate surface area is 98.8 Å². The van der Waals surface area contributed by atoms with Gasteiger partial charge in [-0.1, -0.05) is 12.1 Å². The number of aryl methyl sites for hydroxylation is 1. The minimum Gasteiger partial charge on any atom is -0.312 e. The third kappa shape index (κ3) is 1.82. The summed E-state index contributed by atoms with van der Waals surface area (Å²) >= 11 is 0. The van der Waals surface area contributed by atoms with E-state index in [0.717, 1.165) is 37.6 Å². The Bertz CT molecular complexity index is 496. The average Bonchev–Trinajstić information content (AvgIpc) is 2.84. The SMILES string of the molecule is CCCn1cnnc1-c1cn(C2CNC2)nn1. The summed E-state index contributed by atoms with van der Waals surface area (Å²) in [5.74, 6) is 0.797. The summed E-state index contributed by atoms with van der Waals surface area (Å²) in [5.41, 5.74) is 0.794. The minimum atomic E-state index is 0.429. The molecule has 2 aromatic rings. The lowest BCUT2D eigenvalue weighted by Crippen LogP contribution is -2.43. The van der Waals surface area contributed by atoms with Crippen molar-refractivity contribution in [2.75, 3.05) is 13.1 Å². The van der Waals surface area contributed by atoms with Crippen LogP contribution in [-0.4, -0.2) is 42.8 Å². The Morgan fingerprint density at radius 1 is 1.41 bits per heavy atom. The Kier molecular flexibility index (Phi) is 2.60. The van der Waals surface area contributed by atoms with Crippen molar-refractivity contribution in [1.29, 1.82) is 0 Å². The van der Waals surface area contributed by atoms with E-state index in [-0.39, 0.29) is 0 Å². The van der Waals surface area contributed by atoms with Crippen LogP contribution >= 0.6 is 0 Å². The van der Waals surface area contributed by atoms with Crippen molar-refractivity contribution in [2.45, 2.75) is 25.9 Å². The number of hydrogen-bond donors (Lipinski definition) is 1. The summed E-state index contributed by atoms with van der Waals surface area (Å²) in [6.45, 7) is 4.95. The van der Waals surface area contributed by atoms with E-state index in [9.17, 15) is 0 Å². The number of aromatic nitrogens is 6. The average molecular weight is 233 g/mol. The number of hydrogen-bond acceptors (Lipinski definition) is 5. The topological polar surface area (TPSA) is 73.5 Å². The lowest BCUT2D eigenvalue weighted by atomic mass is 10.2. The first-order valence-corrected chi connectivity index (χ1v) is 5.89. The van der Waals surface area contributed by atoms with Crippen LogP contribution in [0.1, 0.15) is 19.4 Å². The molecule has 7 heteroatoms. The third-order valence-electron chi connectivity index (χ3n) is 2.95. The van der Waals surface area contributed by atoms with Gasteiger partial charge >= 0.3 is 0 Å². The van der Waals surface area contributed by atoms with Gasteiger partial charge in [-0.3, -0.25) is 0 Å². The second-order valence-corrected chi connectivity index (χ2v) is 4.24. The monoisotopic (exact) mass is 233 g/mol. The van der Waals surface area contributed by atoms with Crippen molar-refractivity contribution in [3.05, 3.63) is 12.5 Å². The first-order chi connectivity index (χ1) is 8.38. The summed E-state index contributed by atoms with van der Waals surface area (Å²) in [7, 11) is 0. The van der Waals surface area contributed by atoms with Crippen molar-refractivity contribution in [2.24, 2.45) is 0 Å². The van der Waals surface area contributed by atoms with E-state index >= 15 is 0 Å². The Morgan fingerprint density at radius 3 is 3.00 bits per heavy atom. The zero-order chi connectivity index (χ0) is 11.7. The molecule has 3 rings (SSSR count). The van der Waals surface area contributed by atoms with E-state index < -0.39 is 0 Å². The molecule has 1 fully saturated rings. The molecule has 90 valence electrons. The van der Waals surface area contributed by atoms with Crippen molar-refractivity contribution < 1.29 is 0 Å². The normalized spacial score (nSPS) is 16.1. The molecule has 0 aliphatic carbocycles. The molecule has 7 nitrogen and oxygen atoms in total. The highest BCUT2D eigenvalue weighted by molar-refractivity contribution is 5.46. The number of rotatable bonds is 4. The molecule has 1 N–H and O–H groups in total. The minimum absolute atomic E-state index is 0.429. The molecule has 0 atom stereocenters. The molecule has 0 radical (unpaired) electrons. The van der Waals surface area contributed by atoms with Gasteiger partial charge in [0, 0.05) is 19.6 Å². The van der Waals surface area contributed by atoms with E-state index in [1.165, 1.54) is 0 Å². The van der Waals surface area contributed by atoms with Crippen molar-refractivity contribution >= 4 is 0 Å². The first-order valence-electron chi connectivity index (χ1n) is 5.89. The van der Waals surface area contributed by atoms with Gasteiger partial charge in [0.05, 0.1) is 12.2 Å². The van der Waals surface area contributed by atoms with E-state index in [1.807, 2.05) is 15.4 Å². The summed E-state index contributed by atoms with van der Waals surface area (Å²) < 4.78 is 3.91. The van der Waals surface area contributed by atoms with Crippen molar-refractivity contribution in [1.82, 2.24) is 35.1 Å². The van der Waals surface area contributed by atoms with Gasteiger partial charge in [0.1, 0.15) is 6.33 Å². The van der Waals surface area contributed by atoms with Crippen LogP contribution < -0.4 is 5.32 Å². The zero-order valence-electron chi connectivity index (χ0n) is 9.74. The van der Waals surface area contributed by atoms with Gasteiger partial charge in [0.15, 0.2) is 11.5 Å². The molecule has 0 saturated carbocycles. The van der Waals surface area contributed by atoms with Gasteiger partial charge in [0.2, 0.25) is 0 Å². The molecule has 17 heavy (non-hydrogen) atoms. The van der Waals surface area contributed by atoms with Crippen LogP contribution in [0.5, 0.6) is 0 Å². The van der Waals surface area contributed by atoms with Gasteiger partial charge < -0.3 is 9.88 Å². The van der Waals surface area contributed by atoms with Crippen LogP contribution in [0.15, 0.2) is 12.5 Å². The van der Waals surface area contributed by atoms with Crippen LogP contribution in [0.3, 0.4) is 0 Å². The fraction of sp³-hybridized carbons (Fsp3) is 0.600. The molecular weight excluding hydrogens is 218 g/mol. The van der Waals surface area contributed by atoms with Gasteiger partial charge in [0.25, 0.3) is 0 Å². The van der Waals surface area contributed by atoms with Gasteiger partial charge in [-0.25, -0.2) is 4.68 Å². The van der Waals surface area contributed by atoms with E-state index in [0.29, 0.717) is 6.04 Å². The highest BCUT2D eigenvalue weighted by atomic mass is 15.5. The molecule has 0 bridgehead atoms. The Morgan fingerprint density at radius 2 is 2.29 bits per heavy atom. The van der Waals surface area contributed by atoms with E-state index in [4.69, 9.17) is 0 Å². The molecule has 3 heterocycles. The smallest absolute Gasteiger partial charge is 0.185 e. The quantitative estimate of drug-likeness (QED) is 0.810. The van der Waals surface area contributed by atoms with Crippen LogP contribution in [0, 0.1) is 0 Å². The van der Waals surface area contributed by atoms with Crippen LogP contribution in [0.2, 0.25) is 0 Å². The summed E-state index contributed by atoms with van der Waals surface area (Å²) in [6.07, 6.45) is 4.73. The lowest BCUT2D eigenvalue weighted by molar-refractivity contribution is 0.313. The maximum absolute atomic E-state index is 4.17. The van der Waals surface area contributed by atoms with Gasteiger partial charge in [-0.2, -0.15) is 0 Å². The standard InChI is InChI=1S/C10H15N7/c1-2-3-16-7-12-14-10(16)9-6-17(15-13-9)8-4-11-5-8/h6-8,11H,2-5H2,1H3. The third-order valence-corrected chi connectivity index (χ3v) is 2.95. The number of nitrogens with zero attached hydrogens (tertiary/aromatic N) is 6. The first kappa shape index (κ1) is 10.4. The molecule has 0 amide bonds. The second kappa shape index (κ2) is 4.25. The fourth-order valence-electron chi connectivity index (χ4n) is 1.88. The van der Waals surface area contributed by atoms with E-state index in [2.05, 4.69) is 32.7 Å². The second-order valence-electron chi connectivity index (χ2n) is 4.24. The largest absolute Gasteiger partial charge is 0.312 e. The highest BCUT2D eigenvalue weighted by Gasteiger charge is 2.21. The van der Waals surface area contributed by atoms with Crippen molar-refractivity contribution in [3.63, 3.8) is 0 Å². The van der Waals surface area contributed by atoms with Crippen LogP contribution in [0.25, 0.3) is 11.5 Å². The Hall–Kier alpha value is -1.76. The predicted octanol–water partition coefficient (Wildman–Crippen LogP) is 0.0909. The summed E-state index contributed by atoms with van der Waals surface area (Å²) in [6, 6.07) is 0.429. The molecule has 2 aromatic heterocycles. The highest BCUT2D eigenvalue weighted by Crippen LogP contribution is 2.16. The molecule has 0 aromatic carbocycles. The molecule has 0 unspecified atom stereocenters. The van der Waals surface area contributed by atoms with Crippen LogP contribution in [-0.2, 0) is 6.54 Å². The lowest BCUT2D eigenvalue weighted by Gasteiger charge is -2.26. The Balaban J connectivity index is 1.87. The molecule has 1 aliphatic rings. The van der Waals surface area contributed by atoms with Crippen LogP contribution in [0.4, 0.5) is 0 Å². The van der Waals surface area contributed by atoms with Crippen molar-refractivity contribution in [3.8, 4) is 11.5 Å². The van der Waals surface area contributed by atoms with E-state index in [1.54, 1.807) is 6.33 Å². The van der Waals surface area contributed by atoms with Gasteiger partial charge in [-0.05, 0) is 6.42 Å². The molecule has 1 aliphatic heterocycles. The molecule has 0 spiro atoms. The van der Waals surface area contributed by atoms with Gasteiger partial charge in [-0.15, -0.1) is 15.3 Å². The maximum atomic E-state index is 4.17. The maximum Gasteiger partial charge on any atom is 0.185 e. The summed E-state index contributed by atoms with van der Waals surface area (Å²) in [5, 5.41) is 19.6. The fourth-order valence-corrected chi connectivity index (χ4v) is 1.88. The summed E-state index contributed by atoms with van der Waals surface area (Å²) in [4.78, 5) is 0. The zero-order valence-corrected chi connectivity index (χ0v) is 9.74. The molecule has 1 saturated heterocycles.